The molecular weight excluding hydrogens is 324 g/mol. The van der Waals surface area contributed by atoms with Gasteiger partial charge in [-0.25, -0.2) is 0 Å². The smallest absolute Gasteiger partial charge is 0.257 e. The van der Waals surface area contributed by atoms with Gasteiger partial charge in [-0.3, -0.25) is 14.8 Å². The summed E-state index contributed by atoms with van der Waals surface area (Å²) in [5.74, 6) is 0.143. The summed E-state index contributed by atoms with van der Waals surface area (Å²) in [5.41, 5.74) is 4.67. The fraction of sp³-hybridized carbons (Fsp3) is 0.524. The van der Waals surface area contributed by atoms with Crippen molar-refractivity contribution in [1.82, 2.24) is 20.0 Å². The van der Waals surface area contributed by atoms with Crippen LogP contribution in [-0.2, 0) is 19.4 Å². The minimum atomic E-state index is 0.143. The van der Waals surface area contributed by atoms with E-state index in [1.54, 1.807) is 6.20 Å². The molecule has 0 radical (unpaired) electrons. The fourth-order valence-electron chi connectivity index (χ4n) is 4.37. The second-order valence-electron chi connectivity index (χ2n) is 7.55. The normalized spacial score (nSPS) is 20.8. The van der Waals surface area contributed by atoms with Crippen LogP contribution in [0, 0.1) is 0 Å². The lowest BCUT2D eigenvalue weighted by atomic mass is 9.95. The van der Waals surface area contributed by atoms with Crippen LogP contribution in [0.3, 0.4) is 0 Å². The molecule has 2 aliphatic heterocycles. The highest BCUT2D eigenvalue weighted by Crippen LogP contribution is 2.25. The van der Waals surface area contributed by atoms with Crippen LogP contribution in [0.5, 0.6) is 0 Å². The summed E-state index contributed by atoms with van der Waals surface area (Å²) in [6.45, 7) is 5.92. The third-order valence-electron chi connectivity index (χ3n) is 5.81. The maximum Gasteiger partial charge on any atom is 0.257 e. The zero-order chi connectivity index (χ0) is 17.9. The number of benzene rings is 1. The average molecular weight is 352 g/mol. The first-order valence-corrected chi connectivity index (χ1v) is 9.88. The van der Waals surface area contributed by atoms with Crippen molar-refractivity contribution in [2.45, 2.75) is 51.6 Å². The molecule has 1 N–H and O–H groups in total. The number of carbonyl (C=O) groups excluding carboxylic acids is 1. The predicted molar refractivity (Wildman–Crippen MR) is 102 cm³/mol. The Bertz CT molecular complexity index is 769. The Balaban J connectivity index is 1.45. The highest BCUT2D eigenvalue weighted by Gasteiger charge is 2.31. The van der Waals surface area contributed by atoms with E-state index in [9.17, 15) is 4.79 Å². The Morgan fingerprint density at radius 2 is 2.12 bits per heavy atom. The third kappa shape index (κ3) is 3.40. The van der Waals surface area contributed by atoms with Crippen LogP contribution in [0.15, 0.2) is 30.5 Å². The molecule has 0 aliphatic carbocycles. The van der Waals surface area contributed by atoms with E-state index in [1.165, 1.54) is 17.5 Å². The molecule has 2 aromatic rings. The minimum Gasteiger partial charge on any atom is -0.337 e. The molecule has 1 fully saturated rings. The highest BCUT2D eigenvalue weighted by atomic mass is 16.2. The number of aromatic nitrogens is 2. The molecule has 0 spiro atoms. The van der Waals surface area contributed by atoms with Crippen LogP contribution < -0.4 is 0 Å². The summed E-state index contributed by atoms with van der Waals surface area (Å²) < 4.78 is 0. The number of aryl methyl sites for hydroxylation is 1. The molecule has 1 aromatic carbocycles. The van der Waals surface area contributed by atoms with Crippen molar-refractivity contribution in [3.05, 3.63) is 52.8 Å². The molecule has 2 aliphatic rings. The highest BCUT2D eigenvalue weighted by molar-refractivity contribution is 5.95. The van der Waals surface area contributed by atoms with Gasteiger partial charge in [0.25, 0.3) is 5.91 Å². The number of hydrogen-bond acceptors (Lipinski definition) is 3. The maximum atomic E-state index is 13.0. The number of rotatable bonds is 4. The molecule has 0 bridgehead atoms. The molecule has 1 amide bonds. The largest absolute Gasteiger partial charge is 0.337 e. The van der Waals surface area contributed by atoms with E-state index in [2.05, 4.69) is 46.3 Å². The topological polar surface area (TPSA) is 52.2 Å². The van der Waals surface area contributed by atoms with E-state index in [1.807, 2.05) is 4.90 Å². The van der Waals surface area contributed by atoms with E-state index in [-0.39, 0.29) is 5.91 Å². The van der Waals surface area contributed by atoms with Gasteiger partial charge in [-0.1, -0.05) is 37.6 Å². The summed E-state index contributed by atoms with van der Waals surface area (Å²) in [6.07, 6.45) is 6.96. The Hall–Kier alpha value is -2.14. The van der Waals surface area contributed by atoms with Crippen molar-refractivity contribution >= 4 is 5.91 Å². The first-order valence-electron chi connectivity index (χ1n) is 9.88. The first kappa shape index (κ1) is 17.3. The average Bonchev–Trinajstić information content (AvgIpc) is 3.16. The summed E-state index contributed by atoms with van der Waals surface area (Å²) in [5, 5.41) is 7.11. The molecule has 3 heterocycles. The lowest BCUT2D eigenvalue weighted by Gasteiger charge is -2.41. The number of nitrogens with one attached hydrogen (secondary N) is 1. The van der Waals surface area contributed by atoms with Crippen molar-refractivity contribution in [2.75, 3.05) is 19.6 Å². The predicted octanol–water partition coefficient (Wildman–Crippen LogP) is 3.03. The second-order valence-corrected chi connectivity index (χ2v) is 7.55. The molecule has 1 aromatic heterocycles. The SMILES string of the molecule is CCCc1[nH]ncc1C(=O)N1CCC[C@@H](N2CCc3ccccc3C2)C1. The Morgan fingerprint density at radius 3 is 2.96 bits per heavy atom. The molecule has 0 saturated carbocycles. The first-order chi connectivity index (χ1) is 12.8. The van der Waals surface area contributed by atoms with Crippen molar-refractivity contribution in [3.63, 3.8) is 0 Å². The van der Waals surface area contributed by atoms with Crippen LogP contribution in [0.1, 0.15) is 53.4 Å². The van der Waals surface area contributed by atoms with Crippen LogP contribution in [0.2, 0.25) is 0 Å². The monoisotopic (exact) mass is 352 g/mol. The van der Waals surface area contributed by atoms with Gasteiger partial charge in [0.1, 0.15) is 0 Å². The molecule has 1 atom stereocenters. The molecule has 26 heavy (non-hydrogen) atoms. The van der Waals surface area contributed by atoms with Crippen molar-refractivity contribution in [2.24, 2.45) is 0 Å². The number of aromatic amines is 1. The molecule has 5 nitrogen and oxygen atoms in total. The van der Waals surface area contributed by atoms with Gasteiger partial charge in [-0.2, -0.15) is 5.10 Å². The van der Waals surface area contributed by atoms with E-state index in [0.29, 0.717) is 6.04 Å². The second kappa shape index (κ2) is 7.62. The number of piperidine rings is 1. The summed E-state index contributed by atoms with van der Waals surface area (Å²) in [6, 6.07) is 9.22. The molecule has 0 unspecified atom stereocenters. The van der Waals surface area contributed by atoms with Crippen molar-refractivity contribution < 1.29 is 4.79 Å². The Morgan fingerprint density at radius 1 is 1.27 bits per heavy atom. The van der Waals surface area contributed by atoms with Crippen molar-refractivity contribution in [1.29, 1.82) is 0 Å². The Kier molecular flexibility index (Phi) is 5.07. The van der Waals surface area contributed by atoms with Gasteiger partial charge in [0.15, 0.2) is 0 Å². The van der Waals surface area contributed by atoms with E-state index in [0.717, 1.165) is 63.1 Å². The van der Waals surface area contributed by atoms with Gasteiger partial charge < -0.3 is 4.90 Å². The number of fused-ring (bicyclic) bond motifs is 1. The molecule has 1 saturated heterocycles. The third-order valence-corrected chi connectivity index (χ3v) is 5.81. The lowest BCUT2D eigenvalue weighted by molar-refractivity contribution is 0.0548. The lowest BCUT2D eigenvalue weighted by Crippen LogP contribution is -2.51. The van der Waals surface area contributed by atoms with Crippen LogP contribution in [-0.4, -0.2) is 51.6 Å². The number of H-pyrrole nitrogens is 1. The zero-order valence-corrected chi connectivity index (χ0v) is 15.6. The summed E-state index contributed by atoms with van der Waals surface area (Å²) in [4.78, 5) is 17.6. The van der Waals surface area contributed by atoms with E-state index in [4.69, 9.17) is 0 Å². The van der Waals surface area contributed by atoms with Gasteiger partial charge in [-0.15, -0.1) is 0 Å². The van der Waals surface area contributed by atoms with Gasteiger partial charge in [-0.05, 0) is 36.8 Å². The van der Waals surface area contributed by atoms with Crippen LogP contribution in [0.4, 0.5) is 0 Å². The van der Waals surface area contributed by atoms with E-state index >= 15 is 0 Å². The number of hydrogen-bond donors (Lipinski definition) is 1. The fourth-order valence-corrected chi connectivity index (χ4v) is 4.37. The standard InChI is InChI=1S/C21H28N4O/c1-2-6-20-19(13-22-23-20)21(26)25-11-5-9-18(15-25)24-12-10-16-7-3-4-8-17(16)14-24/h3-4,7-8,13,18H,2,5-6,9-12,14-15H2,1H3,(H,22,23)/t18-/m1/s1. The summed E-state index contributed by atoms with van der Waals surface area (Å²) >= 11 is 0. The van der Waals surface area contributed by atoms with Gasteiger partial charge in [0, 0.05) is 37.9 Å². The van der Waals surface area contributed by atoms with Crippen LogP contribution in [0.25, 0.3) is 0 Å². The Labute approximate surface area is 155 Å². The molecule has 4 rings (SSSR count). The number of amides is 1. The van der Waals surface area contributed by atoms with Crippen molar-refractivity contribution in [3.8, 4) is 0 Å². The maximum absolute atomic E-state index is 13.0. The summed E-state index contributed by atoms with van der Waals surface area (Å²) in [7, 11) is 0. The van der Waals surface area contributed by atoms with Crippen LogP contribution >= 0.6 is 0 Å². The number of likely N-dealkylation sites (tertiary alicyclic amines) is 1. The zero-order valence-electron chi connectivity index (χ0n) is 15.6. The number of carbonyl (C=O) groups is 1. The quantitative estimate of drug-likeness (QED) is 0.920. The minimum absolute atomic E-state index is 0.143. The van der Waals surface area contributed by atoms with E-state index < -0.39 is 0 Å². The molecule has 138 valence electrons. The van der Waals surface area contributed by atoms with Gasteiger partial charge in [0.2, 0.25) is 0 Å². The molecular formula is C21H28N4O. The van der Waals surface area contributed by atoms with Gasteiger partial charge >= 0.3 is 0 Å². The number of nitrogens with zero attached hydrogens (tertiary/aromatic N) is 3. The molecule has 5 heteroatoms. The van der Waals surface area contributed by atoms with Gasteiger partial charge in [0.05, 0.1) is 11.8 Å².